The number of hydrogen-bond acceptors (Lipinski definition) is 5. The van der Waals surface area contributed by atoms with Gasteiger partial charge in [0.2, 0.25) is 0 Å². The highest BCUT2D eigenvalue weighted by molar-refractivity contribution is 8.00. The highest BCUT2D eigenvalue weighted by Gasteiger charge is 2.32. The van der Waals surface area contributed by atoms with Gasteiger partial charge in [0.25, 0.3) is 12.4 Å². The van der Waals surface area contributed by atoms with Crippen LogP contribution in [0, 0.1) is 0 Å². The summed E-state index contributed by atoms with van der Waals surface area (Å²) in [4.78, 5) is 23.4. The number of alkyl halides is 3. The van der Waals surface area contributed by atoms with E-state index in [0.29, 0.717) is 32.7 Å². The number of nitrogens with one attached hydrogen (secondary N) is 1. The van der Waals surface area contributed by atoms with Crippen molar-refractivity contribution in [3.05, 3.63) is 29.8 Å². The molecule has 1 aliphatic heterocycles. The minimum atomic E-state index is -4.39. The van der Waals surface area contributed by atoms with Gasteiger partial charge in [0.1, 0.15) is 5.60 Å². The van der Waals surface area contributed by atoms with Gasteiger partial charge in [0.05, 0.1) is 5.56 Å². The Labute approximate surface area is 155 Å². The van der Waals surface area contributed by atoms with Crippen LogP contribution < -0.4 is 5.32 Å². The highest BCUT2D eigenvalue weighted by Crippen LogP contribution is 2.38. The van der Waals surface area contributed by atoms with Crippen molar-refractivity contribution in [2.24, 2.45) is 0 Å². The zero-order valence-corrected chi connectivity index (χ0v) is 15.7. The molecule has 1 aliphatic rings. The van der Waals surface area contributed by atoms with Gasteiger partial charge in [-0.15, -0.1) is 0 Å². The monoisotopic (exact) mass is 392 g/mol. The third-order valence-electron chi connectivity index (χ3n) is 3.15. The van der Waals surface area contributed by atoms with E-state index in [1.54, 1.807) is 11.0 Å². The maximum atomic E-state index is 12.5. The van der Waals surface area contributed by atoms with Crippen LogP contribution in [-0.4, -0.2) is 54.6 Å². The van der Waals surface area contributed by atoms with Crippen LogP contribution in [0.15, 0.2) is 29.2 Å². The second-order valence-corrected chi connectivity index (χ2v) is 7.52. The molecule has 0 spiro atoms. The third-order valence-corrected chi connectivity index (χ3v) is 3.96. The van der Waals surface area contributed by atoms with E-state index in [2.05, 4.69) is 10.1 Å². The second kappa shape index (κ2) is 9.82. The zero-order valence-electron chi connectivity index (χ0n) is 14.9. The van der Waals surface area contributed by atoms with Crippen LogP contribution in [0.1, 0.15) is 31.1 Å². The number of amides is 1. The highest BCUT2D eigenvalue weighted by atomic mass is 32.2. The Morgan fingerprint density at radius 2 is 1.77 bits per heavy atom. The predicted molar refractivity (Wildman–Crippen MR) is 94.0 cm³/mol. The van der Waals surface area contributed by atoms with Gasteiger partial charge in [-0.05, 0) is 44.7 Å². The van der Waals surface area contributed by atoms with E-state index in [-0.39, 0.29) is 33.7 Å². The molecule has 0 saturated carbocycles. The lowest BCUT2D eigenvalue weighted by Gasteiger charge is -2.28. The first-order chi connectivity index (χ1) is 12.0. The lowest BCUT2D eigenvalue weighted by Crippen LogP contribution is -2.46. The van der Waals surface area contributed by atoms with Crippen LogP contribution in [0.4, 0.5) is 13.2 Å². The van der Waals surface area contributed by atoms with E-state index < -0.39 is 5.51 Å². The SMILES string of the molecule is CC(C)(C)OC=O.O=C(c1ccccc1SC(F)(F)F)N1CCNCC1. The van der Waals surface area contributed by atoms with Crippen molar-refractivity contribution in [1.82, 2.24) is 10.2 Å². The van der Waals surface area contributed by atoms with Crippen LogP contribution in [0.25, 0.3) is 0 Å². The molecule has 0 bridgehead atoms. The van der Waals surface area contributed by atoms with Gasteiger partial charge < -0.3 is 15.0 Å². The average Bonchev–Trinajstić information content (AvgIpc) is 2.53. The standard InChI is InChI=1S/C12H13F3N2OS.C5H10O2/c13-12(14,15)19-10-4-2-1-3-9(10)11(18)17-7-5-16-6-8-17;1-5(2,3)7-4-6/h1-4,16H,5-8H2;4H,1-3H3. The molecule has 0 aromatic heterocycles. The van der Waals surface area contributed by atoms with Gasteiger partial charge >= 0.3 is 5.51 Å². The maximum Gasteiger partial charge on any atom is 0.446 e. The van der Waals surface area contributed by atoms with Crippen LogP contribution >= 0.6 is 11.8 Å². The molecule has 0 atom stereocenters. The van der Waals surface area contributed by atoms with E-state index in [4.69, 9.17) is 0 Å². The molecule has 1 N–H and O–H groups in total. The summed E-state index contributed by atoms with van der Waals surface area (Å²) in [6, 6.07) is 5.85. The molecule has 26 heavy (non-hydrogen) atoms. The molecule has 2 rings (SSSR count). The number of rotatable bonds is 3. The van der Waals surface area contributed by atoms with E-state index in [9.17, 15) is 22.8 Å². The Bertz CT molecular complexity index is 598. The van der Waals surface area contributed by atoms with Gasteiger partial charge in [-0.25, -0.2) is 0 Å². The number of halogens is 3. The first-order valence-corrected chi connectivity index (χ1v) is 8.81. The number of carbonyl (C=O) groups excluding carboxylic acids is 2. The second-order valence-electron chi connectivity index (χ2n) is 6.41. The van der Waals surface area contributed by atoms with Gasteiger partial charge in [-0.2, -0.15) is 13.2 Å². The number of nitrogens with zero attached hydrogens (tertiary/aromatic N) is 1. The van der Waals surface area contributed by atoms with Gasteiger partial charge in [-0.1, -0.05) is 12.1 Å². The van der Waals surface area contributed by atoms with E-state index in [0.717, 1.165) is 0 Å². The molecule has 0 unspecified atom stereocenters. The summed E-state index contributed by atoms with van der Waals surface area (Å²) in [7, 11) is 0. The number of hydrogen-bond donors (Lipinski definition) is 1. The summed E-state index contributed by atoms with van der Waals surface area (Å²) >= 11 is -0.243. The number of thioether (sulfide) groups is 1. The molecule has 0 aliphatic carbocycles. The average molecular weight is 392 g/mol. The fourth-order valence-electron chi connectivity index (χ4n) is 2.04. The summed E-state index contributed by atoms with van der Waals surface area (Å²) in [5.41, 5.74) is -4.59. The lowest BCUT2D eigenvalue weighted by atomic mass is 10.2. The molecule has 1 saturated heterocycles. The Balaban J connectivity index is 0.000000412. The first-order valence-electron chi connectivity index (χ1n) is 8.00. The Morgan fingerprint density at radius 1 is 1.19 bits per heavy atom. The van der Waals surface area contributed by atoms with Crippen molar-refractivity contribution in [2.45, 2.75) is 36.8 Å². The third kappa shape index (κ3) is 8.57. The summed E-state index contributed by atoms with van der Waals surface area (Å²) in [5.74, 6) is -0.339. The summed E-state index contributed by atoms with van der Waals surface area (Å²) in [6.07, 6.45) is 0. The van der Waals surface area contributed by atoms with E-state index in [1.165, 1.54) is 18.2 Å². The minimum Gasteiger partial charge on any atom is -0.462 e. The Hall–Kier alpha value is -1.74. The van der Waals surface area contributed by atoms with Gasteiger partial charge in [0.15, 0.2) is 0 Å². The number of piperazine rings is 1. The fourth-order valence-corrected chi connectivity index (χ4v) is 2.70. The zero-order chi connectivity index (χ0) is 19.8. The largest absolute Gasteiger partial charge is 0.462 e. The Kier molecular flexibility index (Phi) is 8.42. The maximum absolute atomic E-state index is 12.5. The molecule has 1 fully saturated rings. The summed E-state index contributed by atoms with van der Waals surface area (Å²) < 4.78 is 41.9. The topological polar surface area (TPSA) is 58.6 Å². The molecule has 146 valence electrons. The quantitative estimate of drug-likeness (QED) is 0.632. The number of benzene rings is 1. The molecular weight excluding hydrogens is 369 g/mol. The van der Waals surface area contributed by atoms with Crippen molar-refractivity contribution in [1.29, 1.82) is 0 Å². The molecule has 9 heteroatoms. The summed E-state index contributed by atoms with van der Waals surface area (Å²) in [5, 5.41) is 3.09. The lowest BCUT2D eigenvalue weighted by molar-refractivity contribution is -0.138. The van der Waals surface area contributed by atoms with Crippen molar-refractivity contribution >= 4 is 24.1 Å². The van der Waals surface area contributed by atoms with Crippen LogP contribution in [-0.2, 0) is 9.53 Å². The molecule has 1 aromatic rings. The molecule has 0 radical (unpaired) electrons. The number of ether oxygens (including phenoxy) is 1. The van der Waals surface area contributed by atoms with E-state index in [1.807, 2.05) is 20.8 Å². The van der Waals surface area contributed by atoms with Crippen molar-refractivity contribution in [3.63, 3.8) is 0 Å². The first kappa shape index (κ1) is 22.3. The van der Waals surface area contributed by atoms with Crippen molar-refractivity contribution in [2.75, 3.05) is 26.2 Å². The normalized spacial score (nSPS) is 14.9. The number of carbonyl (C=O) groups is 2. The molecule has 5 nitrogen and oxygen atoms in total. The molecule has 1 amide bonds. The van der Waals surface area contributed by atoms with Crippen LogP contribution in [0.2, 0.25) is 0 Å². The van der Waals surface area contributed by atoms with E-state index >= 15 is 0 Å². The smallest absolute Gasteiger partial charge is 0.446 e. The van der Waals surface area contributed by atoms with Crippen LogP contribution in [0.5, 0.6) is 0 Å². The fraction of sp³-hybridized carbons (Fsp3) is 0.529. The van der Waals surface area contributed by atoms with Crippen molar-refractivity contribution < 1.29 is 27.5 Å². The summed E-state index contributed by atoms with van der Waals surface area (Å²) in [6.45, 7) is 8.29. The predicted octanol–water partition coefficient (Wildman–Crippen LogP) is 3.30. The van der Waals surface area contributed by atoms with Gasteiger partial charge in [0, 0.05) is 31.1 Å². The van der Waals surface area contributed by atoms with Crippen LogP contribution in [0.3, 0.4) is 0 Å². The minimum absolute atomic E-state index is 0.0430. The van der Waals surface area contributed by atoms with Crippen molar-refractivity contribution in [3.8, 4) is 0 Å². The molecule has 1 heterocycles. The molecule has 1 aromatic carbocycles. The van der Waals surface area contributed by atoms with Gasteiger partial charge in [-0.3, -0.25) is 9.59 Å². The molecular formula is C17H23F3N2O3S. The Morgan fingerprint density at radius 3 is 2.23 bits per heavy atom.